The largest absolute Gasteiger partial charge is 0.328 e. The molecule has 2 N–H and O–H groups in total. The molecule has 2 aromatic rings. The second kappa shape index (κ2) is 4.63. The van der Waals surface area contributed by atoms with Gasteiger partial charge >= 0.3 is 0 Å². The number of nitrogens with two attached hydrogens (primary N) is 1. The van der Waals surface area contributed by atoms with Crippen molar-refractivity contribution in [1.82, 2.24) is 0 Å². The summed E-state index contributed by atoms with van der Waals surface area (Å²) in [5.41, 5.74) is 8.89. The minimum absolute atomic E-state index is 0.423. The average molecular weight is 243 g/mol. The number of rotatable bonds is 1. The van der Waals surface area contributed by atoms with E-state index in [1.54, 1.807) is 5.57 Å². The van der Waals surface area contributed by atoms with Gasteiger partial charge in [0, 0.05) is 10.7 Å². The molecule has 1 aromatic carbocycles. The van der Waals surface area contributed by atoms with Crippen LogP contribution in [0.15, 0.2) is 35.2 Å². The molecule has 1 aliphatic carbocycles. The quantitative estimate of drug-likeness (QED) is 0.798. The number of allylic oxidation sites excluding steroid dienone is 1. The van der Waals surface area contributed by atoms with E-state index < -0.39 is 0 Å². The van der Waals surface area contributed by atoms with Gasteiger partial charge in [0.25, 0.3) is 0 Å². The standard InChI is InChI=1S/C15H17NS/c16-13-7-5-11(6-8-13)9-12-10-17-15-4-2-1-3-14(12)15/h1-4,9-10,13H,5-8,16H2. The average Bonchev–Trinajstić information content (AvgIpc) is 2.76. The van der Waals surface area contributed by atoms with E-state index in [4.69, 9.17) is 5.73 Å². The molecule has 0 unspecified atom stereocenters. The van der Waals surface area contributed by atoms with Gasteiger partial charge in [-0.2, -0.15) is 0 Å². The Kier molecular flexibility index (Phi) is 3.00. The maximum Gasteiger partial charge on any atom is 0.0348 e. The van der Waals surface area contributed by atoms with Gasteiger partial charge in [-0.05, 0) is 48.1 Å². The van der Waals surface area contributed by atoms with Crippen molar-refractivity contribution >= 4 is 27.5 Å². The van der Waals surface area contributed by atoms with Crippen LogP contribution in [-0.4, -0.2) is 6.04 Å². The van der Waals surface area contributed by atoms with Crippen LogP contribution in [0.3, 0.4) is 0 Å². The summed E-state index contributed by atoms with van der Waals surface area (Å²) in [5.74, 6) is 0. The third-order valence-corrected chi connectivity index (χ3v) is 4.52. The maximum atomic E-state index is 5.94. The molecule has 0 amide bonds. The van der Waals surface area contributed by atoms with Crippen LogP contribution in [0.4, 0.5) is 0 Å². The second-order valence-corrected chi connectivity index (χ2v) is 5.74. The first-order valence-electron chi connectivity index (χ1n) is 6.24. The third-order valence-electron chi connectivity index (χ3n) is 3.54. The Hall–Kier alpha value is -1.12. The van der Waals surface area contributed by atoms with Gasteiger partial charge < -0.3 is 5.73 Å². The van der Waals surface area contributed by atoms with Gasteiger partial charge in [-0.25, -0.2) is 0 Å². The summed E-state index contributed by atoms with van der Waals surface area (Å²) in [6, 6.07) is 9.06. The van der Waals surface area contributed by atoms with E-state index in [0.717, 1.165) is 12.8 Å². The van der Waals surface area contributed by atoms with Crippen molar-refractivity contribution in [3.05, 3.63) is 40.8 Å². The van der Waals surface area contributed by atoms with Crippen molar-refractivity contribution in [3.8, 4) is 0 Å². The normalized spacial score (nSPS) is 20.8. The Labute approximate surface area is 106 Å². The second-order valence-electron chi connectivity index (χ2n) is 4.83. The molecule has 88 valence electrons. The predicted octanol–water partition coefficient (Wildman–Crippen LogP) is 4.19. The van der Waals surface area contributed by atoms with E-state index >= 15 is 0 Å². The summed E-state index contributed by atoms with van der Waals surface area (Å²) in [6.07, 6.45) is 7.02. The smallest absolute Gasteiger partial charge is 0.0348 e. The van der Waals surface area contributed by atoms with Gasteiger partial charge in [0.05, 0.1) is 0 Å². The number of benzene rings is 1. The number of hydrogen-bond donors (Lipinski definition) is 1. The van der Waals surface area contributed by atoms with Crippen LogP contribution in [0.1, 0.15) is 31.2 Å². The molecule has 0 bridgehead atoms. The van der Waals surface area contributed by atoms with E-state index in [9.17, 15) is 0 Å². The number of hydrogen-bond acceptors (Lipinski definition) is 2. The van der Waals surface area contributed by atoms with Gasteiger partial charge in [0.2, 0.25) is 0 Å². The maximum absolute atomic E-state index is 5.94. The molecule has 1 heterocycles. The molecule has 1 aromatic heterocycles. The van der Waals surface area contributed by atoms with E-state index in [1.807, 2.05) is 11.3 Å². The summed E-state index contributed by atoms with van der Waals surface area (Å²) in [6.45, 7) is 0. The van der Waals surface area contributed by atoms with Crippen LogP contribution in [0, 0.1) is 0 Å². The molecule has 0 aliphatic heterocycles. The summed E-state index contributed by atoms with van der Waals surface area (Å²) in [4.78, 5) is 0. The first kappa shape index (κ1) is 11.0. The summed E-state index contributed by atoms with van der Waals surface area (Å²) in [7, 11) is 0. The minimum Gasteiger partial charge on any atom is -0.328 e. The number of thiophene rings is 1. The Bertz CT molecular complexity index is 543. The lowest BCUT2D eigenvalue weighted by Gasteiger charge is -2.19. The Morgan fingerprint density at radius 1 is 1.18 bits per heavy atom. The molecule has 0 radical (unpaired) electrons. The first-order valence-corrected chi connectivity index (χ1v) is 7.12. The van der Waals surface area contributed by atoms with Gasteiger partial charge in [-0.15, -0.1) is 11.3 Å². The van der Waals surface area contributed by atoms with Crippen LogP contribution in [-0.2, 0) is 0 Å². The van der Waals surface area contributed by atoms with Crippen molar-refractivity contribution in [2.24, 2.45) is 5.73 Å². The van der Waals surface area contributed by atoms with Crippen LogP contribution in [0.5, 0.6) is 0 Å². The fraction of sp³-hybridized carbons (Fsp3) is 0.333. The highest BCUT2D eigenvalue weighted by Gasteiger charge is 2.12. The van der Waals surface area contributed by atoms with Crippen molar-refractivity contribution in [1.29, 1.82) is 0 Å². The molecule has 3 rings (SSSR count). The van der Waals surface area contributed by atoms with E-state index in [0.29, 0.717) is 6.04 Å². The fourth-order valence-electron chi connectivity index (χ4n) is 2.49. The van der Waals surface area contributed by atoms with Crippen LogP contribution >= 0.6 is 11.3 Å². The Balaban J connectivity index is 1.92. The molecule has 1 aliphatic rings. The molecule has 2 heteroatoms. The SMILES string of the molecule is NC1CCC(=Cc2csc3ccccc23)CC1. The lowest BCUT2D eigenvalue weighted by molar-refractivity contribution is 0.514. The summed E-state index contributed by atoms with van der Waals surface area (Å²) >= 11 is 1.83. The van der Waals surface area contributed by atoms with Crippen LogP contribution in [0.2, 0.25) is 0 Å². The number of fused-ring (bicyclic) bond motifs is 1. The highest BCUT2D eigenvalue weighted by Crippen LogP contribution is 2.30. The molecular formula is C15H17NS. The molecule has 0 atom stereocenters. The van der Waals surface area contributed by atoms with E-state index in [-0.39, 0.29) is 0 Å². The van der Waals surface area contributed by atoms with Gasteiger partial charge in [-0.1, -0.05) is 29.8 Å². The third kappa shape index (κ3) is 2.28. The Morgan fingerprint density at radius 3 is 2.76 bits per heavy atom. The van der Waals surface area contributed by atoms with Crippen molar-refractivity contribution in [2.75, 3.05) is 0 Å². The summed E-state index contributed by atoms with van der Waals surface area (Å²) < 4.78 is 1.38. The molecule has 0 saturated heterocycles. The van der Waals surface area contributed by atoms with E-state index in [2.05, 4.69) is 35.7 Å². The monoisotopic (exact) mass is 243 g/mol. The van der Waals surface area contributed by atoms with Crippen LogP contribution < -0.4 is 5.73 Å². The fourth-order valence-corrected chi connectivity index (χ4v) is 3.40. The zero-order chi connectivity index (χ0) is 11.7. The van der Waals surface area contributed by atoms with Crippen molar-refractivity contribution in [3.63, 3.8) is 0 Å². The molecule has 1 nitrogen and oxygen atoms in total. The van der Waals surface area contributed by atoms with Gasteiger partial charge in [0.1, 0.15) is 0 Å². The molecule has 17 heavy (non-hydrogen) atoms. The lowest BCUT2D eigenvalue weighted by Crippen LogP contribution is -2.23. The van der Waals surface area contributed by atoms with Crippen LogP contribution in [0.25, 0.3) is 16.2 Å². The van der Waals surface area contributed by atoms with Crippen molar-refractivity contribution in [2.45, 2.75) is 31.7 Å². The minimum atomic E-state index is 0.423. The Morgan fingerprint density at radius 2 is 1.94 bits per heavy atom. The van der Waals surface area contributed by atoms with Gasteiger partial charge in [-0.3, -0.25) is 0 Å². The van der Waals surface area contributed by atoms with Gasteiger partial charge in [0.15, 0.2) is 0 Å². The predicted molar refractivity (Wildman–Crippen MR) is 76.2 cm³/mol. The molecule has 1 fully saturated rings. The molecular weight excluding hydrogens is 226 g/mol. The topological polar surface area (TPSA) is 26.0 Å². The molecule has 0 spiro atoms. The summed E-state index contributed by atoms with van der Waals surface area (Å²) in [5, 5.41) is 3.66. The lowest BCUT2D eigenvalue weighted by atomic mass is 9.90. The molecule has 1 saturated carbocycles. The van der Waals surface area contributed by atoms with Crippen molar-refractivity contribution < 1.29 is 0 Å². The van der Waals surface area contributed by atoms with E-state index in [1.165, 1.54) is 28.5 Å². The zero-order valence-electron chi connectivity index (χ0n) is 9.86. The highest BCUT2D eigenvalue weighted by molar-refractivity contribution is 7.17. The first-order chi connectivity index (χ1) is 8.33. The highest BCUT2D eigenvalue weighted by atomic mass is 32.1. The zero-order valence-corrected chi connectivity index (χ0v) is 10.7.